The van der Waals surface area contributed by atoms with Gasteiger partial charge in [0.1, 0.15) is 18.5 Å². The van der Waals surface area contributed by atoms with Crippen molar-refractivity contribution < 1.29 is 9.18 Å². The Morgan fingerprint density at radius 2 is 2.17 bits per heavy atom. The monoisotopic (exact) mass is 248 g/mol. The maximum absolute atomic E-state index is 12.7. The van der Waals surface area contributed by atoms with Gasteiger partial charge in [0.25, 0.3) is 0 Å². The molecule has 1 aromatic heterocycles. The molecule has 18 heavy (non-hydrogen) atoms. The fourth-order valence-corrected chi connectivity index (χ4v) is 1.49. The zero-order chi connectivity index (χ0) is 13.0. The van der Waals surface area contributed by atoms with Gasteiger partial charge in [-0.25, -0.2) is 9.37 Å². The van der Waals surface area contributed by atoms with Gasteiger partial charge in [-0.1, -0.05) is 6.92 Å². The normalized spacial score (nSPS) is 12.1. The molecule has 6 heteroatoms. The van der Waals surface area contributed by atoms with Gasteiger partial charge in [-0.3, -0.25) is 9.48 Å². The lowest BCUT2D eigenvalue weighted by Gasteiger charge is -2.11. The van der Waals surface area contributed by atoms with E-state index in [4.69, 9.17) is 0 Å². The minimum absolute atomic E-state index is 0.142. The lowest BCUT2D eigenvalue weighted by molar-refractivity contribution is -0.119. The van der Waals surface area contributed by atoms with Crippen LogP contribution in [0.4, 0.5) is 10.1 Å². The van der Waals surface area contributed by atoms with Crippen molar-refractivity contribution in [3.63, 3.8) is 0 Å². The molecule has 1 N–H and O–H groups in total. The van der Waals surface area contributed by atoms with E-state index < -0.39 is 0 Å². The van der Waals surface area contributed by atoms with Gasteiger partial charge in [0.05, 0.1) is 12.5 Å². The molecule has 1 amide bonds. The molecule has 0 bridgehead atoms. The molecule has 0 fully saturated rings. The summed E-state index contributed by atoms with van der Waals surface area (Å²) in [5.41, 5.74) is 0.576. The van der Waals surface area contributed by atoms with Gasteiger partial charge in [-0.15, -0.1) is 0 Å². The van der Waals surface area contributed by atoms with Crippen molar-refractivity contribution in [1.29, 1.82) is 0 Å². The zero-order valence-corrected chi connectivity index (χ0v) is 9.88. The van der Waals surface area contributed by atoms with E-state index in [0.717, 1.165) is 0 Å². The highest BCUT2D eigenvalue weighted by atomic mass is 19.1. The molecule has 0 saturated heterocycles. The number of carbonyl (C=O) groups is 1. The largest absolute Gasteiger partial charge is 0.326 e. The first-order valence-electron chi connectivity index (χ1n) is 5.54. The van der Waals surface area contributed by atoms with Crippen LogP contribution >= 0.6 is 0 Å². The number of halogens is 1. The lowest BCUT2D eigenvalue weighted by Crippen LogP contribution is -2.24. The van der Waals surface area contributed by atoms with E-state index in [1.54, 1.807) is 17.9 Å². The highest BCUT2D eigenvalue weighted by molar-refractivity contribution is 5.92. The number of nitrogens with one attached hydrogen (secondary N) is 1. The molecule has 0 aliphatic heterocycles. The van der Waals surface area contributed by atoms with Crippen molar-refractivity contribution in [2.45, 2.75) is 13.5 Å². The molecule has 2 aromatic rings. The van der Waals surface area contributed by atoms with Gasteiger partial charge in [-0.2, -0.15) is 5.10 Å². The fraction of sp³-hybridized carbons (Fsp3) is 0.250. The van der Waals surface area contributed by atoms with Gasteiger partial charge in [0.2, 0.25) is 5.91 Å². The van der Waals surface area contributed by atoms with E-state index in [1.807, 2.05) is 0 Å². The first-order valence-corrected chi connectivity index (χ1v) is 5.54. The molecule has 94 valence electrons. The van der Waals surface area contributed by atoms with Crippen LogP contribution in [0.1, 0.15) is 6.92 Å². The quantitative estimate of drug-likeness (QED) is 0.895. The van der Waals surface area contributed by atoms with Crippen molar-refractivity contribution in [3.05, 3.63) is 42.7 Å². The molecule has 0 unspecified atom stereocenters. The second-order valence-electron chi connectivity index (χ2n) is 4.01. The summed E-state index contributed by atoms with van der Waals surface area (Å²) in [6.07, 6.45) is 2.98. The van der Waals surface area contributed by atoms with Crippen LogP contribution in [0.5, 0.6) is 0 Å². The topological polar surface area (TPSA) is 59.8 Å². The van der Waals surface area contributed by atoms with E-state index in [-0.39, 0.29) is 17.6 Å². The van der Waals surface area contributed by atoms with Crippen molar-refractivity contribution in [2.75, 3.05) is 5.32 Å². The Labute approximate surface area is 104 Å². The van der Waals surface area contributed by atoms with Crippen molar-refractivity contribution in [2.24, 2.45) is 5.92 Å². The van der Waals surface area contributed by atoms with Crippen LogP contribution in [0.3, 0.4) is 0 Å². The predicted molar refractivity (Wildman–Crippen MR) is 64.2 cm³/mol. The Morgan fingerprint density at radius 1 is 1.44 bits per heavy atom. The van der Waals surface area contributed by atoms with Crippen LogP contribution < -0.4 is 5.32 Å². The van der Waals surface area contributed by atoms with E-state index in [1.165, 1.54) is 30.6 Å². The van der Waals surface area contributed by atoms with Gasteiger partial charge < -0.3 is 5.32 Å². The third-order valence-electron chi connectivity index (χ3n) is 2.49. The number of carbonyl (C=O) groups excluding carboxylic acids is 1. The fourth-order valence-electron chi connectivity index (χ4n) is 1.49. The van der Waals surface area contributed by atoms with Crippen LogP contribution in [0.2, 0.25) is 0 Å². The Kier molecular flexibility index (Phi) is 3.66. The molecule has 0 saturated carbocycles. The highest BCUT2D eigenvalue weighted by Gasteiger charge is 2.14. The van der Waals surface area contributed by atoms with Crippen LogP contribution in [0.25, 0.3) is 0 Å². The number of benzene rings is 1. The Morgan fingerprint density at radius 3 is 2.78 bits per heavy atom. The van der Waals surface area contributed by atoms with Crippen LogP contribution in [-0.4, -0.2) is 20.7 Å². The highest BCUT2D eigenvalue weighted by Crippen LogP contribution is 2.10. The number of aromatic nitrogens is 3. The number of anilines is 1. The Bertz CT molecular complexity index is 509. The number of amides is 1. The maximum Gasteiger partial charge on any atom is 0.229 e. The van der Waals surface area contributed by atoms with E-state index in [0.29, 0.717) is 12.2 Å². The summed E-state index contributed by atoms with van der Waals surface area (Å²) in [4.78, 5) is 15.7. The molecule has 0 aliphatic carbocycles. The second-order valence-corrected chi connectivity index (χ2v) is 4.01. The maximum atomic E-state index is 12.7. The number of nitrogens with zero attached hydrogens (tertiary/aromatic N) is 3. The standard InChI is InChI=1S/C12H13FN4O/c1-9(6-17-8-14-7-15-17)12(18)16-11-4-2-10(13)3-5-11/h2-5,7-9H,6H2,1H3,(H,16,18)/t9-/m1/s1. The first kappa shape index (κ1) is 12.2. The minimum atomic E-state index is -0.330. The van der Waals surface area contributed by atoms with Crippen LogP contribution in [-0.2, 0) is 11.3 Å². The van der Waals surface area contributed by atoms with Crippen LogP contribution in [0, 0.1) is 11.7 Å². The molecule has 5 nitrogen and oxygen atoms in total. The van der Waals surface area contributed by atoms with E-state index in [2.05, 4.69) is 15.4 Å². The van der Waals surface area contributed by atoms with E-state index in [9.17, 15) is 9.18 Å². The van der Waals surface area contributed by atoms with Crippen molar-refractivity contribution in [1.82, 2.24) is 14.8 Å². The molecular weight excluding hydrogens is 235 g/mol. The molecule has 0 radical (unpaired) electrons. The first-order chi connectivity index (χ1) is 8.65. The molecule has 0 spiro atoms. The summed E-state index contributed by atoms with van der Waals surface area (Å²) >= 11 is 0. The SMILES string of the molecule is C[C@H](Cn1cncn1)C(=O)Nc1ccc(F)cc1. The molecular formula is C12H13FN4O. The number of hydrogen-bond acceptors (Lipinski definition) is 3. The average Bonchev–Trinajstić information content (AvgIpc) is 2.85. The molecule has 1 aromatic carbocycles. The summed E-state index contributed by atoms with van der Waals surface area (Å²) < 4.78 is 14.3. The van der Waals surface area contributed by atoms with Crippen LogP contribution in [0.15, 0.2) is 36.9 Å². The smallest absolute Gasteiger partial charge is 0.229 e. The van der Waals surface area contributed by atoms with E-state index >= 15 is 0 Å². The van der Waals surface area contributed by atoms with Gasteiger partial charge >= 0.3 is 0 Å². The minimum Gasteiger partial charge on any atom is -0.326 e. The Balaban J connectivity index is 1.93. The molecule has 1 atom stereocenters. The Hall–Kier alpha value is -2.24. The third kappa shape index (κ3) is 3.13. The summed E-state index contributed by atoms with van der Waals surface area (Å²) in [5, 5.41) is 6.65. The summed E-state index contributed by atoms with van der Waals surface area (Å²) in [6.45, 7) is 2.24. The number of hydrogen-bond donors (Lipinski definition) is 1. The summed E-state index contributed by atoms with van der Waals surface area (Å²) in [5.74, 6) is -0.725. The number of rotatable bonds is 4. The van der Waals surface area contributed by atoms with Gasteiger partial charge in [0, 0.05) is 5.69 Å². The van der Waals surface area contributed by atoms with Crippen molar-refractivity contribution in [3.8, 4) is 0 Å². The summed E-state index contributed by atoms with van der Waals surface area (Å²) in [6, 6.07) is 5.65. The predicted octanol–water partition coefficient (Wildman–Crippen LogP) is 1.69. The summed E-state index contributed by atoms with van der Waals surface area (Å²) in [7, 11) is 0. The lowest BCUT2D eigenvalue weighted by atomic mass is 10.1. The second kappa shape index (κ2) is 5.39. The molecule has 2 rings (SSSR count). The zero-order valence-electron chi connectivity index (χ0n) is 9.88. The molecule has 0 aliphatic rings. The molecule has 1 heterocycles. The van der Waals surface area contributed by atoms with Gasteiger partial charge in [-0.05, 0) is 24.3 Å². The van der Waals surface area contributed by atoms with Crippen molar-refractivity contribution >= 4 is 11.6 Å². The third-order valence-corrected chi connectivity index (χ3v) is 2.49. The van der Waals surface area contributed by atoms with Gasteiger partial charge in [0.15, 0.2) is 0 Å². The average molecular weight is 248 g/mol.